The Balaban J connectivity index is 0.000000113. The van der Waals surface area contributed by atoms with Gasteiger partial charge in [-0.25, -0.2) is 0 Å². The van der Waals surface area contributed by atoms with E-state index in [2.05, 4.69) is 52.3 Å². The SMILES string of the molecule is Clc1cccc(-c2ccccc2Br)c1.O=C1C2CC3CC(C2)CC1C3.OC1(c2ccccc2-c2cccc(Cl)c2)C2CC3CC4CC1C2(C3)C4. The lowest BCUT2D eigenvalue weighted by molar-refractivity contribution is -0.235. The minimum atomic E-state index is -0.636. The third kappa shape index (κ3) is 5.56. The van der Waals surface area contributed by atoms with Gasteiger partial charge in [0, 0.05) is 26.4 Å². The molecule has 5 heteroatoms. The second-order valence-corrected chi connectivity index (χ2v) is 18.5. The highest BCUT2D eigenvalue weighted by atomic mass is 79.9. The van der Waals surface area contributed by atoms with Crippen molar-refractivity contribution in [3.8, 4) is 22.3 Å². The Morgan fingerprint density at radius 3 is 1.64 bits per heavy atom. The van der Waals surface area contributed by atoms with Crippen molar-refractivity contribution in [1.82, 2.24) is 0 Å². The summed E-state index contributed by atoms with van der Waals surface area (Å²) < 4.78 is 1.09. The van der Waals surface area contributed by atoms with Crippen LogP contribution in [0.1, 0.15) is 69.8 Å². The van der Waals surface area contributed by atoms with Gasteiger partial charge < -0.3 is 5.11 Å². The number of hydrogen-bond donors (Lipinski definition) is 1. The van der Waals surface area contributed by atoms with Crippen LogP contribution in [0.25, 0.3) is 22.3 Å². The van der Waals surface area contributed by atoms with Gasteiger partial charge in [0.25, 0.3) is 0 Å². The zero-order valence-corrected chi connectivity index (χ0v) is 31.5. The van der Waals surface area contributed by atoms with Crippen LogP contribution in [-0.2, 0) is 10.4 Å². The van der Waals surface area contributed by atoms with Crippen LogP contribution in [0.5, 0.6) is 0 Å². The number of carbonyl (C=O) groups excluding carboxylic acids is 1. The summed E-state index contributed by atoms with van der Waals surface area (Å²) in [5, 5.41) is 13.6. The molecule has 1 N–H and O–H groups in total. The van der Waals surface area contributed by atoms with Crippen LogP contribution in [0.4, 0.5) is 0 Å². The standard InChI is InChI=1S/C23H23ClO.C12H8BrCl.C10H14O/c24-17-5-3-4-16(11-17)18-6-1-2-7-19(18)23(25)20-9-14-8-15-10-21(23)22(20,12-14)13-15;13-12-7-2-1-6-11(12)9-4-3-5-10(14)8-9;11-10-8-2-6-1-7(4-8)5-9(10)3-6/h1-7,11,14-15,20-21,25H,8-10,12-13H2;1-8H;6-9H,1-5H2. The number of benzene rings is 4. The first-order valence-electron chi connectivity index (χ1n) is 18.8. The Morgan fingerprint density at radius 1 is 0.580 bits per heavy atom. The van der Waals surface area contributed by atoms with Crippen molar-refractivity contribution in [2.24, 2.45) is 52.8 Å². The molecular formula is C45H45BrCl2O2. The molecule has 8 fully saturated rings. The van der Waals surface area contributed by atoms with Crippen LogP contribution in [0.3, 0.4) is 0 Å². The Morgan fingerprint density at radius 2 is 1.08 bits per heavy atom. The molecule has 12 rings (SSSR count). The molecule has 7 bridgehead atoms. The molecule has 0 saturated heterocycles. The molecular weight excluding hydrogens is 723 g/mol. The van der Waals surface area contributed by atoms with Gasteiger partial charge >= 0.3 is 0 Å². The summed E-state index contributed by atoms with van der Waals surface area (Å²) in [5.74, 6) is 6.16. The van der Waals surface area contributed by atoms with Gasteiger partial charge in [0.15, 0.2) is 0 Å². The zero-order valence-electron chi connectivity index (χ0n) is 28.4. The first-order chi connectivity index (χ1) is 24.2. The van der Waals surface area contributed by atoms with E-state index < -0.39 is 5.60 Å². The molecule has 8 aliphatic carbocycles. The number of aliphatic hydroxyl groups is 1. The third-order valence-corrected chi connectivity index (χ3v) is 15.2. The van der Waals surface area contributed by atoms with E-state index in [1.54, 1.807) is 0 Å². The fraction of sp³-hybridized carbons (Fsp3) is 0.444. The highest BCUT2D eigenvalue weighted by Gasteiger charge is 2.78. The van der Waals surface area contributed by atoms with Crippen molar-refractivity contribution in [3.63, 3.8) is 0 Å². The van der Waals surface area contributed by atoms with Crippen LogP contribution < -0.4 is 0 Å². The zero-order chi connectivity index (χ0) is 34.2. The van der Waals surface area contributed by atoms with Crippen LogP contribution in [-0.4, -0.2) is 10.9 Å². The van der Waals surface area contributed by atoms with E-state index in [4.69, 9.17) is 23.2 Å². The van der Waals surface area contributed by atoms with E-state index in [1.165, 1.54) is 64.2 Å². The number of halogens is 3. The molecule has 0 amide bonds. The Hall–Kier alpha value is -2.43. The fourth-order valence-corrected chi connectivity index (χ4v) is 13.5. The number of carbonyl (C=O) groups is 1. The van der Waals surface area contributed by atoms with E-state index in [0.717, 1.165) is 66.0 Å². The monoisotopic (exact) mass is 766 g/mol. The van der Waals surface area contributed by atoms with E-state index in [0.29, 0.717) is 34.9 Å². The average molecular weight is 769 g/mol. The van der Waals surface area contributed by atoms with Gasteiger partial charge in [-0.05, 0) is 163 Å². The predicted molar refractivity (Wildman–Crippen MR) is 207 cm³/mol. The Kier molecular flexibility index (Phi) is 8.62. The summed E-state index contributed by atoms with van der Waals surface area (Å²) in [6, 6.07) is 32.5. The molecule has 0 heterocycles. The maximum absolute atomic E-state index is 12.0. The van der Waals surface area contributed by atoms with Crippen molar-refractivity contribution < 1.29 is 9.90 Å². The van der Waals surface area contributed by atoms with Gasteiger partial charge in [0.2, 0.25) is 0 Å². The maximum atomic E-state index is 12.0. The summed E-state index contributed by atoms with van der Waals surface area (Å²) in [6.07, 6.45) is 13.0. The summed E-state index contributed by atoms with van der Waals surface area (Å²) in [4.78, 5) is 11.6. The second-order valence-electron chi connectivity index (χ2n) is 16.8. The van der Waals surface area contributed by atoms with Gasteiger partial charge in [-0.1, -0.05) is 106 Å². The molecule has 258 valence electrons. The lowest BCUT2D eigenvalue weighted by Gasteiger charge is -2.62. The summed E-state index contributed by atoms with van der Waals surface area (Å²) >= 11 is 15.7. The molecule has 4 atom stereocenters. The first-order valence-corrected chi connectivity index (χ1v) is 20.4. The molecule has 0 radical (unpaired) electrons. The van der Waals surface area contributed by atoms with Crippen molar-refractivity contribution in [1.29, 1.82) is 0 Å². The molecule has 4 unspecified atom stereocenters. The van der Waals surface area contributed by atoms with Crippen molar-refractivity contribution in [3.05, 3.63) is 117 Å². The quantitative estimate of drug-likeness (QED) is 0.225. The number of rotatable bonds is 3. The van der Waals surface area contributed by atoms with Crippen LogP contribution in [0, 0.1) is 52.8 Å². The number of ketones is 1. The minimum Gasteiger partial charge on any atom is -0.385 e. The molecule has 0 aromatic heterocycles. The summed E-state index contributed by atoms with van der Waals surface area (Å²) in [5.41, 5.74) is 5.54. The molecule has 1 spiro atoms. The van der Waals surface area contributed by atoms with E-state index in [9.17, 15) is 9.90 Å². The minimum absolute atomic E-state index is 0.461. The summed E-state index contributed by atoms with van der Waals surface area (Å²) in [7, 11) is 0. The fourth-order valence-electron chi connectivity index (χ4n) is 12.6. The third-order valence-electron chi connectivity index (χ3n) is 14.0. The Labute approximate surface area is 315 Å². The van der Waals surface area contributed by atoms with Crippen molar-refractivity contribution in [2.45, 2.75) is 69.8 Å². The normalized spacial score (nSPS) is 36.2. The van der Waals surface area contributed by atoms with Crippen molar-refractivity contribution >= 4 is 44.9 Å². The highest BCUT2D eigenvalue weighted by Crippen LogP contribution is 2.81. The number of hydrogen-bond acceptors (Lipinski definition) is 2. The number of Topliss-reactive ketones (excluding diaryl/α,β-unsaturated/α-hetero) is 1. The lowest BCUT2D eigenvalue weighted by atomic mass is 9.44. The lowest BCUT2D eigenvalue weighted by Crippen LogP contribution is -2.62. The summed E-state index contributed by atoms with van der Waals surface area (Å²) in [6.45, 7) is 0. The van der Waals surface area contributed by atoms with E-state index in [1.807, 2.05) is 60.7 Å². The Bertz CT molecular complexity index is 1880. The molecule has 8 saturated carbocycles. The molecule has 2 nitrogen and oxygen atoms in total. The van der Waals surface area contributed by atoms with Crippen LogP contribution in [0.2, 0.25) is 10.0 Å². The molecule has 8 aliphatic rings. The predicted octanol–water partition coefficient (Wildman–Crippen LogP) is 12.4. The van der Waals surface area contributed by atoms with Gasteiger partial charge in [0.05, 0.1) is 5.60 Å². The average Bonchev–Trinajstić information content (AvgIpc) is 3.52. The van der Waals surface area contributed by atoms with Crippen molar-refractivity contribution in [2.75, 3.05) is 0 Å². The molecule has 0 aliphatic heterocycles. The number of fused-ring (bicyclic) bond motifs is 2. The topological polar surface area (TPSA) is 37.3 Å². The molecule has 4 aromatic carbocycles. The maximum Gasteiger partial charge on any atom is 0.139 e. The van der Waals surface area contributed by atoms with E-state index >= 15 is 0 Å². The molecule has 50 heavy (non-hydrogen) atoms. The van der Waals surface area contributed by atoms with Crippen LogP contribution in [0.15, 0.2) is 102 Å². The largest absolute Gasteiger partial charge is 0.385 e. The van der Waals surface area contributed by atoms with Gasteiger partial charge in [-0.3, -0.25) is 4.79 Å². The van der Waals surface area contributed by atoms with E-state index in [-0.39, 0.29) is 0 Å². The van der Waals surface area contributed by atoms with Crippen LogP contribution >= 0.6 is 39.1 Å². The van der Waals surface area contributed by atoms with Gasteiger partial charge in [0.1, 0.15) is 5.78 Å². The first kappa shape index (κ1) is 33.4. The van der Waals surface area contributed by atoms with Gasteiger partial charge in [-0.15, -0.1) is 0 Å². The molecule has 4 aromatic rings. The highest BCUT2D eigenvalue weighted by molar-refractivity contribution is 9.10. The second kappa shape index (κ2) is 12.9. The van der Waals surface area contributed by atoms with Gasteiger partial charge in [-0.2, -0.15) is 0 Å². The smallest absolute Gasteiger partial charge is 0.139 e.